The molecule has 3 nitrogen and oxygen atoms in total. The number of ether oxygens (including phenoxy) is 2. The number of halogens is 1. The predicted octanol–water partition coefficient (Wildman–Crippen LogP) is 3.98. The van der Waals surface area contributed by atoms with E-state index in [0.29, 0.717) is 11.6 Å². The summed E-state index contributed by atoms with van der Waals surface area (Å²) in [5.74, 6) is 0.326. The fourth-order valence-corrected chi connectivity index (χ4v) is 1.83. The van der Waals surface area contributed by atoms with Crippen molar-refractivity contribution in [2.45, 2.75) is 0 Å². The number of esters is 1. The van der Waals surface area contributed by atoms with Crippen LogP contribution in [0.25, 0.3) is 6.08 Å². The molecule has 0 aromatic heterocycles. The smallest absolute Gasteiger partial charge is 0.330 e. The Balaban J connectivity index is 1.72. The van der Waals surface area contributed by atoms with Crippen LogP contribution in [0.5, 0.6) is 5.75 Å². The van der Waals surface area contributed by atoms with Gasteiger partial charge in [0.1, 0.15) is 19.0 Å². The summed E-state index contributed by atoms with van der Waals surface area (Å²) in [5.41, 5.74) is 0.775. The first-order valence-electron chi connectivity index (χ1n) is 6.53. The first-order valence-corrected chi connectivity index (χ1v) is 6.91. The normalized spacial score (nSPS) is 10.5. The second kappa shape index (κ2) is 8.12. The van der Waals surface area contributed by atoms with E-state index in [2.05, 4.69) is 0 Å². The van der Waals surface area contributed by atoms with Crippen LogP contribution in [0.4, 0.5) is 0 Å². The lowest BCUT2D eigenvalue weighted by atomic mass is 10.2. The number of hydrogen-bond donors (Lipinski definition) is 0. The summed E-state index contributed by atoms with van der Waals surface area (Å²) in [6.07, 6.45) is 2.98. The van der Waals surface area contributed by atoms with Crippen LogP contribution in [-0.4, -0.2) is 19.2 Å². The third-order valence-electron chi connectivity index (χ3n) is 2.64. The Morgan fingerprint density at radius 3 is 2.48 bits per heavy atom. The average Bonchev–Trinajstić information content (AvgIpc) is 2.52. The van der Waals surface area contributed by atoms with Crippen molar-refractivity contribution in [3.05, 3.63) is 71.3 Å². The average molecular weight is 303 g/mol. The van der Waals surface area contributed by atoms with Crippen molar-refractivity contribution >= 4 is 23.6 Å². The lowest BCUT2D eigenvalue weighted by Gasteiger charge is -2.05. The molecule has 2 rings (SSSR count). The molecule has 0 atom stereocenters. The molecule has 2 aromatic rings. The summed E-state index contributed by atoms with van der Waals surface area (Å²) in [4.78, 5) is 11.5. The van der Waals surface area contributed by atoms with Crippen LogP contribution in [0.1, 0.15) is 5.56 Å². The molecule has 2 aromatic carbocycles. The van der Waals surface area contributed by atoms with Gasteiger partial charge >= 0.3 is 5.97 Å². The van der Waals surface area contributed by atoms with Crippen LogP contribution in [0.15, 0.2) is 60.7 Å². The molecule has 0 bridgehead atoms. The van der Waals surface area contributed by atoms with Crippen LogP contribution in [0.3, 0.4) is 0 Å². The number of carbonyl (C=O) groups is 1. The number of hydrogen-bond acceptors (Lipinski definition) is 3. The second-order valence-electron chi connectivity index (χ2n) is 4.18. The molecule has 0 amide bonds. The molecule has 0 aliphatic carbocycles. The molecule has 0 saturated carbocycles. The molecule has 0 fully saturated rings. The summed E-state index contributed by atoms with van der Waals surface area (Å²) in [5, 5.41) is 0.592. The lowest BCUT2D eigenvalue weighted by molar-refractivity contribution is -0.138. The van der Waals surface area contributed by atoms with Crippen LogP contribution >= 0.6 is 11.6 Å². The van der Waals surface area contributed by atoms with Gasteiger partial charge in [0, 0.05) is 11.1 Å². The van der Waals surface area contributed by atoms with Gasteiger partial charge in [0.2, 0.25) is 0 Å². The molecule has 0 spiro atoms. The van der Waals surface area contributed by atoms with Gasteiger partial charge in [-0.3, -0.25) is 0 Å². The Morgan fingerprint density at radius 2 is 1.71 bits per heavy atom. The Morgan fingerprint density at radius 1 is 1.00 bits per heavy atom. The van der Waals surface area contributed by atoms with Crippen LogP contribution in [-0.2, 0) is 9.53 Å². The van der Waals surface area contributed by atoms with Gasteiger partial charge in [-0.25, -0.2) is 4.79 Å². The van der Waals surface area contributed by atoms with Crippen molar-refractivity contribution in [1.29, 1.82) is 0 Å². The third kappa shape index (κ3) is 5.32. The Hall–Kier alpha value is -2.26. The first-order chi connectivity index (χ1) is 10.3. The predicted molar refractivity (Wildman–Crippen MR) is 83.4 cm³/mol. The highest BCUT2D eigenvalue weighted by Gasteiger charge is 1.99. The maximum absolute atomic E-state index is 11.5. The maximum atomic E-state index is 11.5. The van der Waals surface area contributed by atoms with E-state index in [1.54, 1.807) is 12.1 Å². The van der Waals surface area contributed by atoms with Crippen LogP contribution in [0.2, 0.25) is 5.02 Å². The van der Waals surface area contributed by atoms with E-state index in [4.69, 9.17) is 21.1 Å². The Bertz CT molecular complexity index is 608. The largest absolute Gasteiger partial charge is 0.490 e. The monoisotopic (exact) mass is 302 g/mol. The molecule has 0 unspecified atom stereocenters. The third-order valence-corrected chi connectivity index (χ3v) is 2.99. The van der Waals surface area contributed by atoms with Gasteiger partial charge in [-0.05, 0) is 29.8 Å². The molecule has 0 radical (unpaired) electrons. The van der Waals surface area contributed by atoms with Gasteiger partial charge in [0.15, 0.2) is 0 Å². The summed E-state index contributed by atoms with van der Waals surface area (Å²) in [6.45, 7) is 0.510. The molecule has 0 saturated heterocycles. The number of carbonyl (C=O) groups excluding carboxylic acids is 1. The topological polar surface area (TPSA) is 35.5 Å². The summed E-state index contributed by atoms with van der Waals surface area (Å²) < 4.78 is 10.4. The molecule has 0 aliphatic rings. The quantitative estimate of drug-likeness (QED) is 0.460. The fourth-order valence-electron chi connectivity index (χ4n) is 1.63. The molecule has 108 valence electrons. The minimum Gasteiger partial charge on any atom is -0.490 e. The highest BCUT2D eigenvalue weighted by atomic mass is 35.5. The van der Waals surface area contributed by atoms with E-state index in [1.165, 1.54) is 6.08 Å². The summed E-state index contributed by atoms with van der Waals surface area (Å²) >= 11 is 5.98. The van der Waals surface area contributed by atoms with Crippen molar-refractivity contribution in [2.24, 2.45) is 0 Å². The number of rotatable bonds is 6. The van der Waals surface area contributed by atoms with Crippen molar-refractivity contribution in [1.82, 2.24) is 0 Å². The van der Waals surface area contributed by atoms with E-state index in [0.717, 1.165) is 11.3 Å². The van der Waals surface area contributed by atoms with E-state index in [-0.39, 0.29) is 6.61 Å². The first kappa shape index (κ1) is 15.1. The molecule has 0 aliphatic heterocycles. The molecular formula is C17H15ClO3. The highest BCUT2D eigenvalue weighted by molar-refractivity contribution is 6.32. The number of para-hydroxylation sites is 1. The summed E-state index contributed by atoms with van der Waals surface area (Å²) in [7, 11) is 0. The molecule has 21 heavy (non-hydrogen) atoms. The van der Waals surface area contributed by atoms with Gasteiger partial charge in [0.05, 0.1) is 0 Å². The molecule has 0 heterocycles. The maximum Gasteiger partial charge on any atom is 0.330 e. The second-order valence-corrected chi connectivity index (χ2v) is 4.59. The molecular weight excluding hydrogens is 288 g/mol. The van der Waals surface area contributed by atoms with Gasteiger partial charge < -0.3 is 9.47 Å². The minimum absolute atomic E-state index is 0.195. The van der Waals surface area contributed by atoms with E-state index >= 15 is 0 Å². The van der Waals surface area contributed by atoms with E-state index in [1.807, 2.05) is 48.5 Å². The number of benzene rings is 2. The van der Waals surface area contributed by atoms with E-state index < -0.39 is 5.97 Å². The zero-order valence-corrected chi connectivity index (χ0v) is 12.1. The summed E-state index contributed by atoms with van der Waals surface area (Å²) in [6, 6.07) is 16.6. The van der Waals surface area contributed by atoms with Crippen LogP contribution < -0.4 is 4.74 Å². The SMILES string of the molecule is O=C(C=Cc1ccccc1Cl)OCCOc1ccccc1. The zero-order valence-electron chi connectivity index (χ0n) is 11.4. The van der Waals surface area contributed by atoms with Gasteiger partial charge in [-0.15, -0.1) is 0 Å². The Kier molecular flexibility index (Phi) is 5.85. The highest BCUT2D eigenvalue weighted by Crippen LogP contribution is 2.16. The van der Waals surface area contributed by atoms with E-state index in [9.17, 15) is 4.79 Å². The van der Waals surface area contributed by atoms with Gasteiger partial charge in [0.25, 0.3) is 0 Å². The van der Waals surface area contributed by atoms with Crippen molar-refractivity contribution in [3.63, 3.8) is 0 Å². The lowest BCUT2D eigenvalue weighted by Crippen LogP contribution is -2.10. The Labute approximate surface area is 128 Å². The van der Waals surface area contributed by atoms with Gasteiger partial charge in [-0.2, -0.15) is 0 Å². The molecule has 0 N–H and O–H groups in total. The van der Waals surface area contributed by atoms with Crippen molar-refractivity contribution in [2.75, 3.05) is 13.2 Å². The minimum atomic E-state index is -0.424. The van der Waals surface area contributed by atoms with Gasteiger partial charge in [-0.1, -0.05) is 48.0 Å². The molecule has 4 heteroatoms. The van der Waals surface area contributed by atoms with Crippen LogP contribution in [0, 0.1) is 0 Å². The zero-order chi connectivity index (χ0) is 14.9. The van der Waals surface area contributed by atoms with Crippen molar-refractivity contribution in [3.8, 4) is 5.75 Å². The standard InChI is InChI=1S/C17H15ClO3/c18-16-9-5-4-6-14(16)10-11-17(19)21-13-12-20-15-7-2-1-3-8-15/h1-11H,12-13H2. The van der Waals surface area contributed by atoms with Crippen molar-refractivity contribution < 1.29 is 14.3 Å². The fraction of sp³-hybridized carbons (Fsp3) is 0.118.